The molecule has 0 amide bonds. The summed E-state index contributed by atoms with van der Waals surface area (Å²) >= 11 is 0. The van der Waals surface area contributed by atoms with Crippen molar-refractivity contribution in [2.75, 3.05) is 0 Å². The van der Waals surface area contributed by atoms with E-state index in [1.807, 2.05) is 0 Å². The van der Waals surface area contributed by atoms with E-state index in [9.17, 15) is 17.6 Å². The van der Waals surface area contributed by atoms with Crippen molar-refractivity contribution in [2.24, 2.45) is 4.99 Å². The van der Waals surface area contributed by atoms with Gasteiger partial charge in [0, 0.05) is 6.20 Å². The van der Waals surface area contributed by atoms with Crippen molar-refractivity contribution < 1.29 is 17.6 Å². The zero-order valence-electron chi connectivity index (χ0n) is 10.0. The van der Waals surface area contributed by atoms with Crippen LogP contribution in [0.25, 0.3) is 0 Å². The first-order valence-electron chi connectivity index (χ1n) is 5.82. The topological polar surface area (TPSA) is 25.2 Å². The van der Waals surface area contributed by atoms with E-state index in [0.717, 1.165) is 12.3 Å². The van der Waals surface area contributed by atoms with E-state index in [1.54, 1.807) is 12.1 Å². The molecule has 0 N–H and O–H groups in total. The second kappa shape index (κ2) is 4.40. The predicted molar refractivity (Wildman–Crippen MR) is 64.9 cm³/mol. The monoisotopic (exact) mass is 280 g/mol. The molecule has 1 aliphatic rings. The minimum atomic E-state index is -4.40. The van der Waals surface area contributed by atoms with Crippen LogP contribution < -0.4 is 0 Å². The molecule has 0 saturated heterocycles. The van der Waals surface area contributed by atoms with Gasteiger partial charge in [-0.3, -0.25) is 9.98 Å². The van der Waals surface area contributed by atoms with Crippen LogP contribution in [0.15, 0.2) is 47.6 Å². The molecule has 0 saturated carbocycles. The van der Waals surface area contributed by atoms with E-state index in [4.69, 9.17) is 0 Å². The highest BCUT2D eigenvalue weighted by Crippen LogP contribution is 2.35. The van der Waals surface area contributed by atoms with Crippen molar-refractivity contribution in [1.82, 2.24) is 4.98 Å². The maximum absolute atomic E-state index is 13.1. The Kier molecular flexibility index (Phi) is 2.81. The van der Waals surface area contributed by atoms with Gasteiger partial charge in [-0.15, -0.1) is 0 Å². The molecule has 1 aliphatic heterocycles. The fourth-order valence-corrected chi connectivity index (χ4v) is 1.93. The third-order valence-corrected chi connectivity index (χ3v) is 2.98. The van der Waals surface area contributed by atoms with Crippen molar-refractivity contribution in [3.63, 3.8) is 0 Å². The highest BCUT2D eigenvalue weighted by molar-refractivity contribution is 6.12. The van der Waals surface area contributed by atoms with Crippen LogP contribution in [0.3, 0.4) is 0 Å². The lowest BCUT2D eigenvalue weighted by Crippen LogP contribution is -2.06. The van der Waals surface area contributed by atoms with Crippen LogP contribution in [0.5, 0.6) is 0 Å². The van der Waals surface area contributed by atoms with Gasteiger partial charge in [0.25, 0.3) is 0 Å². The number of hydrogen-bond acceptors (Lipinski definition) is 2. The Morgan fingerprint density at radius 1 is 1.05 bits per heavy atom. The fraction of sp³-hybridized carbons (Fsp3) is 0.143. The lowest BCUT2D eigenvalue weighted by Gasteiger charge is -2.05. The average molecular weight is 280 g/mol. The maximum atomic E-state index is 13.1. The normalized spacial score (nSPS) is 17.8. The Morgan fingerprint density at radius 3 is 2.45 bits per heavy atom. The van der Waals surface area contributed by atoms with Gasteiger partial charge in [0.15, 0.2) is 0 Å². The Bertz CT molecular complexity index is 674. The summed E-state index contributed by atoms with van der Waals surface area (Å²) < 4.78 is 50.3. The van der Waals surface area contributed by atoms with Gasteiger partial charge in [0.1, 0.15) is 11.9 Å². The Morgan fingerprint density at radius 2 is 1.85 bits per heavy atom. The SMILES string of the molecule is Fc1cccc(C2N=C2c2ccc(C(F)(F)F)cn2)c1. The smallest absolute Gasteiger partial charge is 0.270 e. The van der Waals surface area contributed by atoms with Crippen molar-refractivity contribution in [1.29, 1.82) is 0 Å². The van der Waals surface area contributed by atoms with Crippen LogP contribution >= 0.6 is 0 Å². The molecule has 1 aromatic carbocycles. The van der Waals surface area contributed by atoms with E-state index in [2.05, 4.69) is 9.98 Å². The number of aromatic nitrogens is 1. The standard InChI is InChI=1S/C14H8F4N2/c15-10-3-1-2-8(6-10)12-13(20-12)11-5-4-9(7-19-11)14(16,17)18/h1-7,12H. The van der Waals surface area contributed by atoms with Gasteiger partial charge in [-0.1, -0.05) is 12.1 Å². The van der Waals surface area contributed by atoms with Gasteiger partial charge in [-0.05, 0) is 29.8 Å². The zero-order valence-corrected chi connectivity index (χ0v) is 10.0. The Labute approximate surface area is 111 Å². The van der Waals surface area contributed by atoms with Gasteiger partial charge < -0.3 is 0 Å². The minimum Gasteiger partial charge on any atom is -0.270 e. The highest BCUT2D eigenvalue weighted by atomic mass is 19.4. The van der Waals surface area contributed by atoms with Crippen molar-refractivity contribution in [3.05, 3.63) is 65.2 Å². The lowest BCUT2D eigenvalue weighted by atomic mass is 10.1. The molecule has 0 bridgehead atoms. The molecular weight excluding hydrogens is 272 g/mol. The molecule has 2 aromatic rings. The first kappa shape index (κ1) is 12.8. The van der Waals surface area contributed by atoms with Gasteiger partial charge in [0.2, 0.25) is 0 Å². The van der Waals surface area contributed by atoms with Gasteiger partial charge in [0.05, 0.1) is 17.0 Å². The predicted octanol–water partition coefficient (Wildman–Crippen LogP) is 3.78. The Balaban J connectivity index is 1.78. The van der Waals surface area contributed by atoms with E-state index in [1.165, 1.54) is 18.2 Å². The molecule has 0 spiro atoms. The number of rotatable bonds is 2. The summed E-state index contributed by atoms with van der Waals surface area (Å²) in [6.07, 6.45) is -3.63. The van der Waals surface area contributed by atoms with Crippen LogP contribution in [-0.4, -0.2) is 10.7 Å². The maximum Gasteiger partial charge on any atom is 0.417 e. The number of hydrogen-bond donors (Lipinski definition) is 0. The fourth-order valence-electron chi connectivity index (χ4n) is 1.93. The molecule has 0 radical (unpaired) electrons. The molecule has 1 atom stereocenters. The molecule has 6 heteroatoms. The summed E-state index contributed by atoms with van der Waals surface area (Å²) in [5, 5.41) is 0. The average Bonchev–Trinajstić information content (AvgIpc) is 3.18. The van der Waals surface area contributed by atoms with Crippen LogP contribution in [0.4, 0.5) is 17.6 Å². The van der Waals surface area contributed by atoms with E-state index < -0.39 is 11.7 Å². The molecule has 2 heterocycles. The van der Waals surface area contributed by atoms with Gasteiger partial charge >= 0.3 is 6.18 Å². The number of alkyl halides is 3. The second-order valence-corrected chi connectivity index (χ2v) is 4.40. The number of pyridine rings is 1. The third-order valence-electron chi connectivity index (χ3n) is 2.98. The first-order valence-corrected chi connectivity index (χ1v) is 5.82. The summed E-state index contributed by atoms with van der Waals surface area (Å²) in [5.74, 6) is -0.371. The minimum absolute atomic E-state index is 0.310. The first-order chi connectivity index (χ1) is 9.45. The number of nitrogens with zero attached hydrogens (tertiary/aromatic N) is 2. The second-order valence-electron chi connectivity index (χ2n) is 4.40. The van der Waals surface area contributed by atoms with E-state index in [0.29, 0.717) is 17.0 Å². The molecule has 0 fully saturated rings. The largest absolute Gasteiger partial charge is 0.417 e. The van der Waals surface area contributed by atoms with Crippen LogP contribution in [0.1, 0.15) is 22.9 Å². The Hall–Kier alpha value is -2.24. The van der Waals surface area contributed by atoms with Crippen LogP contribution in [-0.2, 0) is 6.18 Å². The molecule has 1 unspecified atom stereocenters. The van der Waals surface area contributed by atoms with E-state index in [-0.39, 0.29) is 11.9 Å². The van der Waals surface area contributed by atoms with E-state index >= 15 is 0 Å². The molecule has 20 heavy (non-hydrogen) atoms. The molecule has 0 aliphatic carbocycles. The van der Waals surface area contributed by atoms with Crippen LogP contribution in [0.2, 0.25) is 0 Å². The van der Waals surface area contributed by atoms with Crippen molar-refractivity contribution in [2.45, 2.75) is 12.2 Å². The van der Waals surface area contributed by atoms with Gasteiger partial charge in [-0.25, -0.2) is 4.39 Å². The summed E-state index contributed by atoms with van der Waals surface area (Å²) in [7, 11) is 0. The molecule has 2 nitrogen and oxygen atoms in total. The third kappa shape index (κ3) is 2.41. The number of benzene rings is 1. The highest BCUT2D eigenvalue weighted by Gasteiger charge is 2.34. The van der Waals surface area contributed by atoms with Crippen molar-refractivity contribution >= 4 is 5.71 Å². The summed E-state index contributed by atoms with van der Waals surface area (Å²) in [5.41, 5.74) is 0.822. The quantitative estimate of drug-likeness (QED) is 0.768. The molecule has 1 aromatic heterocycles. The van der Waals surface area contributed by atoms with Crippen LogP contribution in [0, 0.1) is 5.82 Å². The number of aliphatic imine (C=N–C) groups is 1. The number of halogens is 4. The molecule has 102 valence electrons. The lowest BCUT2D eigenvalue weighted by molar-refractivity contribution is -0.137. The summed E-state index contributed by atoms with van der Waals surface area (Å²) in [6, 6.07) is 7.89. The summed E-state index contributed by atoms with van der Waals surface area (Å²) in [6.45, 7) is 0. The zero-order chi connectivity index (χ0) is 14.3. The molecule has 3 rings (SSSR count). The summed E-state index contributed by atoms with van der Waals surface area (Å²) in [4.78, 5) is 7.90. The van der Waals surface area contributed by atoms with Crippen molar-refractivity contribution in [3.8, 4) is 0 Å². The molecular formula is C14H8F4N2. The van der Waals surface area contributed by atoms with Gasteiger partial charge in [-0.2, -0.15) is 13.2 Å².